The minimum Gasteiger partial charge on any atom is -0.247 e. The molecule has 1 spiro atoms. The predicted octanol–water partition coefficient (Wildman–Crippen LogP) is 14.8. The van der Waals surface area contributed by atoms with Crippen LogP contribution in [-0.2, 0) is 5.41 Å². The van der Waals surface area contributed by atoms with E-state index in [1.807, 2.05) is 23.9 Å². The monoisotopic (exact) mass is 805 g/mol. The first-order valence-corrected chi connectivity index (χ1v) is 21.9. The molecule has 2 aliphatic rings. The Bertz CT molecular complexity index is 3550. The molecule has 11 aromatic rings. The van der Waals surface area contributed by atoms with E-state index in [-0.39, 0.29) is 0 Å². The fourth-order valence-corrected chi connectivity index (χ4v) is 11.4. The summed E-state index contributed by atoms with van der Waals surface area (Å²) in [5, 5.41) is 3.53. The third kappa shape index (κ3) is 5.17. The quantitative estimate of drug-likeness (QED) is 0.166. The third-order valence-corrected chi connectivity index (χ3v) is 14.1. The molecule has 0 unspecified atom stereocenters. The van der Waals surface area contributed by atoms with Gasteiger partial charge < -0.3 is 0 Å². The number of nitrogens with zero attached hydrogens (tertiary/aromatic N) is 3. The van der Waals surface area contributed by atoms with Crippen LogP contribution in [0.1, 0.15) is 22.3 Å². The minimum atomic E-state index is -0.444. The summed E-state index contributed by atoms with van der Waals surface area (Å²) in [5.41, 5.74) is 18.4. The minimum absolute atomic E-state index is 0.444. The van der Waals surface area contributed by atoms with Crippen molar-refractivity contribution in [1.29, 1.82) is 0 Å². The topological polar surface area (TPSA) is 38.7 Å². The van der Waals surface area contributed by atoms with Crippen molar-refractivity contribution in [3.8, 4) is 56.0 Å². The van der Waals surface area contributed by atoms with E-state index < -0.39 is 5.41 Å². The average molecular weight is 806 g/mol. The van der Waals surface area contributed by atoms with Gasteiger partial charge in [0.15, 0.2) is 0 Å². The molecule has 62 heavy (non-hydrogen) atoms. The van der Waals surface area contributed by atoms with Crippen molar-refractivity contribution < 1.29 is 0 Å². The lowest BCUT2D eigenvalue weighted by molar-refractivity contribution is 0.724. The maximum Gasteiger partial charge on any atom is 0.0973 e. The molecule has 0 atom stereocenters. The zero-order valence-electron chi connectivity index (χ0n) is 33.5. The van der Waals surface area contributed by atoms with Gasteiger partial charge in [0.1, 0.15) is 0 Å². The molecule has 288 valence electrons. The highest BCUT2D eigenvalue weighted by Gasteiger charge is 2.50. The molecule has 0 N–H and O–H groups in total. The molecule has 3 heterocycles. The lowest BCUT2D eigenvalue weighted by atomic mass is 9.67. The summed E-state index contributed by atoms with van der Waals surface area (Å²) < 4.78 is 0. The van der Waals surface area contributed by atoms with E-state index in [0.29, 0.717) is 0 Å². The van der Waals surface area contributed by atoms with E-state index in [1.165, 1.54) is 48.6 Å². The van der Waals surface area contributed by atoms with Gasteiger partial charge in [-0.05, 0) is 86.3 Å². The van der Waals surface area contributed by atoms with Crippen LogP contribution < -0.4 is 0 Å². The number of fused-ring (bicyclic) bond motifs is 13. The van der Waals surface area contributed by atoms with E-state index in [4.69, 9.17) is 15.0 Å². The first-order valence-electron chi connectivity index (χ1n) is 21.1. The van der Waals surface area contributed by atoms with Crippen molar-refractivity contribution in [3.05, 3.63) is 235 Å². The highest BCUT2D eigenvalue weighted by atomic mass is 32.2. The number of rotatable bonds is 4. The van der Waals surface area contributed by atoms with Crippen molar-refractivity contribution in [2.75, 3.05) is 0 Å². The second kappa shape index (κ2) is 13.7. The molecule has 2 aromatic heterocycles. The molecule has 0 amide bonds. The average Bonchev–Trinajstić information content (AvgIpc) is 3.64. The third-order valence-electron chi connectivity index (χ3n) is 12.9. The van der Waals surface area contributed by atoms with Crippen LogP contribution in [0.25, 0.3) is 88.7 Å². The van der Waals surface area contributed by atoms with Crippen molar-refractivity contribution >= 4 is 44.5 Å². The van der Waals surface area contributed by atoms with Gasteiger partial charge in [-0.3, -0.25) is 0 Å². The molecule has 13 rings (SSSR count). The van der Waals surface area contributed by atoms with E-state index >= 15 is 0 Å². The van der Waals surface area contributed by atoms with Crippen LogP contribution in [0.3, 0.4) is 0 Å². The Labute approximate surface area is 363 Å². The normalized spacial score (nSPS) is 13.2. The number of para-hydroxylation sites is 1. The number of aromatic nitrogens is 3. The maximum absolute atomic E-state index is 5.42. The molecule has 1 aliphatic carbocycles. The van der Waals surface area contributed by atoms with Crippen LogP contribution in [0, 0.1) is 0 Å². The molecule has 1 aliphatic heterocycles. The van der Waals surface area contributed by atoms with Crippen molar-refractivity contribution in [2.24, 2.45) is 0 Å². The van der Waals surface area contributed by atoms with Gasteiger partial charge in [-0.15, -0.1) is 0 Å². The van der Waals surface area contributed by atoms with Gasteiger partial charge in [-0.25, -0.2) is 15.0 Å². The highest BCUT2D eigenvalue weighted by Crippen LogP contribution is 2.62. The van der Waals surface area contributed by atoms with Gasteiger partial charge >= 0.3 is 0 Å². The van der Waals surface area contributed by atoms with E-state index in [1.54, 1.807) is 0 Å². The van der Waals surface area contributed by atoms with E-state index in [0.717, 1.165) is 72.2 Å². The molecular formula is C58H35N3S. The summed E-state index contributed by atoms with van der Waals surface area (Å²) in [4.78, 5) is 18.4. The van der Waals surface area contributed by atoms with E-state index in [2.05, 4.69) is 200 Å². The van der Waals surface area contributed by atoms with Crippen LogP contribution >= 0.6 is 11.8 Å². The summed E-state index contributed by atoms with van der Waals surface area (Å²) in [5.74, 6) is 0. The number of hydrogen-bond acceptors (Lipinski definition) is 4. The molecule has 4 heteroatoms. The van der Waals surface area contributed by atoms with Gasteiger partial charge in [0, 0.05) is 37.3 Å². The Morgan fingerprint density at radius 2 is 0.823 bits per heavy atom. The highest BCUT2D eigenvalue weighted by molar-refractivity contribution is 7.99. The summed E-state index contributed by atoms with van der Waals surface area (Å²) in [6.07, 6.45) is 0. The van der Waals surface area contributed by atoms with Crippen LogP contribution in [-0.4, -0.2) is 15.0 Å². The van der Waals surface area contributed by atoms with Gasteiger partial charge in [0.2, 0.25) is 0 Å². The van der Waals surface area contributed by atoms with Crippen LogP contribution in [0.15, 0.2) is 222 Å². The first-order chi connectivity index (χ1) is 30.7. The number of hydrogen-bond donors (Lipinski definition) is 0. The smallest absolute Gasteiger partial charge is 0.0973 e. The van der Waals surface area contributed by atoms with Gasteiger partial charge in [0.05, 0.1) is 39.0 Å². The molecule has 0 bridgehead atoms. The number of benzene rings is 9. The molecule has 0 saturated heterocycles. The zero-order chi connectivity index (χ0) is 40.8. The maximum atomic E-state index is 5.42. The van der Waals surface area contributed by atoms with Crippen LogP contribution in [0.4, 0.5) is 0 Å². The lowest BCUT2D eigenvalue weighted by Crippen LogP contribution is -2.32. The van der Waals surface area contributed by atoms with Crippen molar-refractivity contribution in [3.63, 3.8) is 0 Å². The Morgan fingerprint density at radius 1 is 0.290 bits per heavy atom. The van der Waals surface area contributed by atoms with Crippen molar-refractivity contribution in [2.45, 2.75) is 15.2 Å². The molecular weight excluding hydrogens is 771 g/mol. The van der Waals surface area contributed by atoms with Gasteiger partial charge in [-0.1, -0.05) is 188 Å². The fourth-order valence-electron chi connectivity index (χ4n) is 10.2. The standard InChI is InChI=1S/C58H35N3S/c1-3-15-37(16-4-1)56-57(38-17-5-2-6-18-38)61-52-33-40(31-32-51(52)60-56)36-27-29-39(30-28-36)55-45-35-54-49(34-44(45)43-21-9-13-25-50(43)59-55)58(48-24-12-14-26-53(48)62-54)46-22-10-7-19-41(46)42-20-8-11-23-47(42)58/h1-35H. The SMILES string of the molecule is c1ccc(-c2nc3ccc(-c4ccc(-c5nc6ccccc6c6cc7c(cc56)Sc5ccccc5C75c6ccccc6-c6ccccc65)cc4)cc3nc2-c2ccccc2)cc1. The van der Waals surface area contributed by atoms with Crippen LogP contribution in [0.5, 0.6) is 0 Å². The molecule has 9 aromatic carbocycles. The predicted molar refractivity (Wildman–Crippen MR) is 256 cm³/mol. The number of pyridine rings is 1. The first kappa shape index (κ1) is 35.1. The zero-order valence-corrected chi connectivity index (χ0v) is 34.3. The summed E-state index contributed by atoms with van der Waals surface area (Å²) in [6, 6.07) is 76.6. The molecule has 3 nitrogen and oxygen atoms in total. The summed E-state index contributed by atoms with van der Waals surface area (Å²) >= 11 is 1.88. The fraction of sp³-hybridized carbons (Fsp3) is 0.0172. The summed E-state index contributed by atoms with van der Waals surface area (Å²) in [6.45, 7) is 0. The van der Waals surface area contributed by atoms with Crippen molar-refractivity contribution in [1.82, 2.24) is 15.0 Å². The molecule has 0 fully saturated rings. The molecule has 0 saturated carbocycles. The Morgan fingerprint density at radius 3 is 1.53 bits per heavy atom. The summed E-state index contributed by atoms with van der Waals surface area (Å²) in [7, 11) is 0. The Hall–Kier alpha value is -7.66. The second-order valence-electron chi connectivity index (χ2n) is 16.2. The Kier molecular flexibility index (Phi) is 7.75. The lowest BCUT2D eigenvalue weighted by Gasteiger charge is -2.40. The van der Waals surface area contributed by atoms with Crippen LogP contribution in [0.2, 0.25) is 0 Å². The molecule has 0 radical (unpaired) electrons. The second-order valence-corrected chi connectivity index (χ2v) is 17.3. The van der Waals surface area contributed by atoms with Gasteiger partial charge in [0.25, 0.3) is 0 Å². The Balaban J connectivity index is 0.967. The van der Waals surface area contributed by atoms with Gasteiger partial charge in [-0.2, -0.15) is 0 Å². The largest absolute Gasteiger partial charge is 0.247 e. The van der Waals surface area contributed by atoms with E-state index in [9.17, 15) is 0 Å².